The summed E-state index contributed by atoms with van der Waals surface area (Å²) in [5, 5.41) is 5.67. The SMILES string of the molecule is COCCCNC(=O)CN(C)CC(=O)NCc1ccccc1C. The van der Waals surface area contributed by atoms with Gasteiger partial charge in [0.05, 0.1) is 13.1 Å². The molecule has 6 heteroatoms. The van der Waals surface area contributed by atoms with Crippen molar-refractivity contribution in [2.75, 3.05) is 40.4 Å². The zero-order valence-corrected chi connectivity index (χ0v) is 14.2. The molecule has 0 aliphatic heterocycles. The molecule has 0 spiro atoms. The smallest absolute Gasteiger partial charge is 0.234 e. The fraction of sp³-hybridized carbons (Fsp3) is 0.529. The molecular formula is C17H27N3O3. The number of carbonyl (C=O) groups is 2. The quantitative estimate of drug-likeness (QED) is 0.622. The molecule has 0 aliphatic rings. The van der Waals surface area contributed by atoms with Crippen LogP contribution in [0.25, 0.3) is 0 Å². The number of carbonyl (C=O) groups excluding carboxylic acids is 2. The van der Waals surface area contributed by atoms with Crippen molar-refractivity contribution in [2.24, 2.45) is 0 Å². The molecule has 0 saturated carbocycles. The maximum Gasteiger partial charge on any atom is 0.234 e. The summed E-state index contributed by atoms with van der Waals surface area (Å²) in [6, 6.07) is 7.93. The molecule has 6 nitrogen and oxygen atoms in total. The summed E-state index contributed by atoms with van der Waals surface area (Å²) in [7, 11) is 3.38. The van der Waals surface area contributed by atoms with E-state index in [-0.39, 0.29) is 24.9 Å². The van der Waals surface area contributed by atoms with Crippen molar-refractivity contribution >= 4 is 11.8 Å². The van der Waals surface area contributed by atoms with Gasteiger partial charge in [0.1, 0.15) is 0 Å². The van der Waals surface area contributed by atoms with Crippen molar-refractivity contribution in [1.29, 1.82) is 0 Å². The van der Waals surface area contributed by atoms with Gasteiger partial charge in [-0.05, 0) is 31.5 Å². The second-order valence-electron chi connectivity index (χ2n) is 5.57. The third-order valence-corrected chi connectivity index (χ3v) is 3.41. The second kappa shape index (κ2) is 10.7. The van der Waals surface area contributed by atoms with Crippen LogP contribution in [-0.4, -0.2) is 57.1 Å². The highest BCUT2D eigenvalue weighted by molar-refractivity contribution is 5.81. The van der Waals surface area contributed by atoms with E-state index in [1.54, 1.807) is 19.1 Å². The van der Waals surface area contributed by atoms with Gasteiger partial charge in [-0.15, -0.1) is 0 Å². The predicted octanol–water partition coefficient (Wildman–Crippen LogP) is 0.696. The number of hydrogen-bond acceptors (Lipinski definition) is 4. The number of benzene rings is 1. The van der Waals surface area contributed by atoms with Gasteiger partial charge in [0, 0.05) is 26.8 Å². The lowest BCUT2D eigenvalue weighted by atomic mass is 10.1. The van der Waals surface area contributed by atoms with E-state index in [9.17, 15) is 9.59 Å². The van der Waals surface area contributed by atoms with E-state index in [1.165, 1.54) is 0 Å². The summed E-state index contributed by atoms with van der Waals surface area (Å²) in [5.74, 6) is -0.182. The van der Waals surface area contributed by atoms with Crippen LogP contribution in [0.3, 0.4) is 0 Å². The summed E-state index contributed by atoms with van der Waals surface area (Å²) < 4.78 is 4.91. The van der Waals surface area contributed by atoms with Crippen LogP contribution in [0.4, 0.5) is 0 Å². The topological polar surface area (TPSA) is 70.7 Å². The van der Waals surface area contributed by atoms with Gasteiger partial charge in [0.25, 0.3) is 0 Å². The lowest BCUT2D eigenvalue weighted by Gasteiger charge is -2.16. The highest BCUT2D eigenvalue weighted by Gasteiger charge is 2.10. The van der Waals surface area contributed by atoms with Crippen LogP contribution in [-0.2, 0) is 20.9 Å². The van der Waals surface area contributed by atoms with Crippen molar-refractivity contribution in [3.63, 3.8) is 0 Å². The number of aryl methyl sites for hydroxylation is 1. The standard InChI is InChI=1S/C17H27N3O3/c1-14-7-4-5-8-15(14)11-19-17(22)13-20(2)12-16(21)18-9-6-10-23-3/h4-5,7-8H,6,9-13H2,1-3H3,(H,18,21)(H,19,22). The van der Waals surface area contributed by atoms with Crippen molar-refractivity contribution in [3.8, 4) is 0 Å². The molecule has 1 aromatic rings. The second-order valence-corrected chi connectivity index (χ2v) is 5.57. The van der Waals surface area contributed by atoms with Crippen LogP contribution >= 0.6 is 0 Å². The number of hydrogen-bond donors (Lipinski definition) is 2. The summed E-state index contributed by atoms with van der Waals surface area (Å²) in [6.45, 7) is 4.11. The molecule has 1 rings (SSSR count). The van der Waals surface area contributed by atoms with E-state index in [0.717, 1.165) is 17.5 Å². The van der Waals surface area contributed by atoms with Gasteiger partial charge in [-0.3, -0.25) is 14.5 Å². The van der Waals surface area contributed by atoms with Crippen LogP contribution < -0.4 is 10.6 Å². The Morgan fingerprint density at radius 2 is 1.78 bits per heavy atom. The molecule has 0 heterocycles. The molecule has 23 heavy (non-hydrogen) atoms. The highest BCUT2D eigenvalue weighted by atomic mass is 16.5. The number of ether oxygens (including phenoxy) is 1. The molecule has 0 unspecified atom stereocenters. The van der Waals surface area contributed by atoms with Crippen LogP contribution in [0, 0.1) is 6.92 Å². The van der Waals surface area contributed by atoms with Gasteiger partial charge in [0.2, 0.25) is 11.8 Å². The van der Waals surface area contributed by atoms with Gasteiger partial charge in [-0.1, -0.05) is 24.3 Å². The minimum absolute atomic E-state index is 0.0877. The number of rotatable bonds is 10. The Morgan fingerprint density at radius 1 is 1.13 bits per heavy atom. The van der Waals surface area contributed by atoms with E-state index >= 15 is 0 Å². The molecule has 0 bridgehead atoms. The Bertz CT molecular complexity index is 506. The van der Waals surface area contributed by atoms with Crippen molar-refractivity contribution in [2.45, 2.75) is 19.9 Å². The van der Waals surface area contributed by atoms with Crippen molar-refractivity contribution in [3.05, 3.63) is 35.4 Å². The first-order chi connectivity index (χ1) is 11.0. The summed E-state index contributed by atoms with van der Waals surface area (Å²) in [5.41, 5.74) is 2.25. The minimum atomic E-state index is -0.0945. The Labute approximate surface area is 138 Å². The largest absolute Gasteiger partial charge is 0.385 e. The third-order valence-electron chi connectivity index (χ3n) is 3.41. The minimum Gasteiger partial charge on any atom is -0.385 e. The molecule has 2 N–H and O–H groups in total. The zero-order valence-electron chi connectivity index (χ0n) is 14.2. The third kappa shape index (κ3) is 8.32. The Hall–Kier alpha value is -1.92. The Balaban J connectivity index is 2.23. The number of methoxy groups -OCH3 is 1. The monoisotopic (exact) mass is 321 g/mol. The molecule has 0 saturated heterocycles. The van der Waals surface area contributed by atoms with E-state index in [1.807, 2.05) is 31.2 Å². The number of likely N-dealkylation sites (N-methyl/N-ethyl adjacent to an activating group) is 1. The zero-order chi connectivity index (χ0) is 17.1. The lowest BCUT2D eigenvalue weighted by Crippen LogP contribution is -2.41. The fourth-order valence-electron chi connectivity index (χ4n) is 2.10. The van der Waals surface area contributed by atoms with Crippen LogP contribution in [0.1, 0.15) is 17.5 Å². The molecule has 0 radical (unpaired) electrons. The van der Waals surface area contributed by atoms with E-state index < -0.39 is 0 Å². The molecule has 0 aromatic heterocycles. The summed E-state index contributed by atoms with van der Waals surface area (Å²) in [4.78, 5) is 25.3. The van der Waals surface area contributed by atoms with Gasteiger partial charge < -0.3 is 15.4 Å². The maximum atomic E-state index is 11.9. The van der Waals surface area contributed by atoms with Gasteiger partial charge in [0.15, 0.2) is 0 Å². The molecule has 0 atom stereocenters. The first-order valence-corrected chi connectivity index (χ1v) is 7.78. The molecule has 0 aliphatic carbocycles. The Morgan fingerprint density at radius 3 is 2.43 bits per heavy atom. The van der Waals surface area contributed by atoms with Crippen LogP contribution in [0.2, 0.25) is 0 Å². The van der Waals surface area contributed by atoms with Gasteiger partial charge in [-0.25, -0.2) is 0 Å². The summed E-state index contributed by atoms with van der Waals surface area (Å²) >= 11 is 0. The number of nitrogens with zero attached hydrogens (tertiary/aromatic N) is 1. The first kappa shape index (κ1) is 19.1. The summed E-state index contributed by atoms with van der Waals surface area (Å²) in [6.07, 6.45) is 0.781. The molecule has 128 valence electrons. The predicted molar refractivity (Wildman–Crippen MR) is 90.0 cm³/mol. The lowest BCUT2D eigenvalue weighted by molar-refractivity contribution is -0.124. The van der Waals surface area contributed by atoms with E-state index in [0.29, 0.717) is 19.7 Å². The highest BCUT2D eigenvalue weighted by Crippen LogP contribution is 2.05. The van der Waals surface area contributed by atoms with E-state index in [4.69, 9.17) is 4.74 Å². The molecular weight excluding hydrogens is 294 g/mol. The average Bonchev–Trinajstić information content (AvgIpc) is 2.50. The molecule has 0 fully saturated rings. The Kier molecular flexibility index (Phi) is 8.94. The van der Waals surface area contributed by atoms with Crippen LogP contribution in [0.15, 0.2) is 24.3 Å². The van der Waals surface area contributed by atoms with Crippen molar-refractivity contribution in [1.82, 2.24) is 15.5 Å². The number of nitrogens with one attached hydrogen (secondary N) is 2. The van der Waals surface area contributed by atoms with Gasteiger partial charge >= 0.3 is 0 Å². The molecule has 2 amide bonds. The first-order valence-electron chi connectivity index (χ1n) is 7.78. The fourth-order valence-corrected chi connectivity index (χ4v) is 2.10. The maximum absolute atomic E-state index is 11.9. The normalized spacial score (nSPS) is 10.6. The van der Waals surface area contributed by atoms with E-state index in [2.05, 4.69) is 10.6 Å². The van der Waals surface area contributed by atoms with Crippen LogP contribution in [0.5, 0.6) is 0 Å². The number of amides is 2. The van der Waals surface area contributed by atoms with Gasteiger partial charge in [-0.2, -0.15) is 0 Å². The average molecular weight is 321 g/mol. The molecule has 1 aromatic carbocycles. The van der Waals surface area contributed by atoms with Crippen molar-refractivity contribution < 1.29 is 14.3 Å².